The summed E-state index contributed by atoms with van der Waals surface area (Å²) in [5, 5.41) is 2.37. The summed E-state index contributed by atoms with van der Waals surface area (Å²) in [6, 6.07) is 0. The van der Waals surface area contributed by atoms with Crippen LogP contribution in [0, 0.1) is 0 Å². The topological polar surface area (TPSA) is 92.5 Å². The maximum absolute atomic E-state index is 11.6. The zero-order chi connectivity index (χ0) is 11.9. The van der Waals surface area contributed by atoms with Crippen LogP contribution in [0.2, 0.25) is 0 Å². The Labute approximate surface area is 90.9 Å². The van der Waals surface area contributed by atoms with Crippen molar-refractivity contribution in [3.8, 4) is 0 Å². The van der Waals surface area contributed by atoms with Crippen LogP contribution in [-0.4, -0.2) is 51.6 Å². The van der Waals surface area contributed by atoms with Crippen molar-refractivity contribution >= 4 is 15.9 Å². The lowest BCUT2D eigenvalue weighted by Gasteiger charge is -2.15. The van der Waals surface area contributed by atoms with Gasteiger partial charge >= 0.3 is 0 Å². The number of likely N-dealkylation sites (N-methyl/N-ethyl adjacent to an activating group) is 2. The molecule has 0 saturated heterocycles. The van der Waals surface area contributed by atoms with Gasteiger partial charge in [-0.3, -0.25) is 4.79 Å². The van der Waals surface area contributed by atoms with Gasteiger partial charge < -0.3 is 11.1 Å². The minimum absolute atomic E-state index is 0.0394. The fraction of sp³-hybridized carbons (Fsp3) is 0.875. The van der Waals surface area contributed by atoms with Crippen LogP contribution in [0.5, 0.6) is 0 Å². The first-order valence-corrected chi connectivity index (χ1v) is 6.39. The average Bonchev–Trinajstić information content (AvgIpc) is 2.17. The predicted molar refractivity (Wildman–Crippen MR) is 58.8 cm³/mol. The second-order valence-electron chi connectivity index (χ2n) is 3.24. The summed E-state index contributed by atoms with van der Waals surface area (Å²) in [5.41, 5.74) is 5.26. The van der Waals surface area contributed by atoms with Crippen molar-refractivity contribution in [1.29, 1.82) is 0 Å². The van der Waals surface area contributed by atoms with E-state index in [1.165, 1.54) is 14.1 Å². The Morgan fingerprint density at radius 2 is 2.00 bits per heavy atom. The summed E-state index contributed by atoms with van der Waals surface area (Å²) < 4.78 is 24.2. The molecule has 0 aromatic carbocycles. The van der Waals surface area contributed by atoms with Gasteiger partial charge in [-0.05, 0) is 19.4 Å². The zero-order valence-corrected chi connectivity index (χ0v) is 10.0. The lowest BCUT2D eigenvalue weighted by molar-refractivity contribution is -0.120. The number of nitrogens with two attached hydrogens (primary N) is 1. The van der Waals surface area contributed by atoms with Crippen LogP contribution in [0.1, 0.15) is 12.8 Å². The molecule has 0 aliphatic carbocycles. The Hall–Kier alpha value is -0.660. The van der Waals surface area contributed by atoms with Crippen LogP contribution in [-0.2, 0) is 14.8 Å². The smallest absolute Gasteiger partial charge is 0.235 e. The van der Waals surface area contributed by atoms with E-state index >= 15 is 0 Å². The molecule has 0 aromatic rings. The lowest BCUT2D eigenvalue weighted by Crippen LogP contribution is -2.38. The monoisotopic (exact) mass is 237 g/mol. The summed E-state index contributed by atoms with van der Waals surface area (Å²) in [5.74, 6) is -0.280. The second kappa shape index (κ2) is 6.76. The maximum Gasteiger partial charge on any atom is 0.235 e. The molecule has 0 bridgehead atoms. The number of nitrogens with one attached hydrogen (secondary N) is 1. The number of hydrogen-bond acceptors (Lipinski definition) is 4. The van der Waals surface area contributed by atoms with E-state index in [0.717, 1.165) is 4.31 Å². The zero-order valence-electron chi connectivity index (χ0n) is 9.19. The Morgan fingerprint density at radius 3 is 2.47 bits per heavy atom. The van der Waals surface area contributed by atoms with Gasteiger partial charge in [-0.1, -0.05) is 0 Å². The fourth-order valence-corrected chi connectivity index (χ4v) is 2.16. The van der Waals surface area contributed by atoms with E-state index in [-0.39, 0.29) is 18.2 Å². The molecular formula is C8H19N3O3S. The third kappa shape index (κ3) is 5.71. The number of hydrogen-bond donors (Lipinski definition) is 2. The maximum atomic E-state index is 11.6. The molecule has 0 heterocycles. The van der Waals surface area contributed by atoms with E-state index in [9.17, 15) is 13.2 Å². The normalized spacial score (nSPS) is 11.7. The predicted octanol–water partition coefficient (Wildman–Crippen LogP) is -1.27. The van der Waals surface area contributed by atoms with E-state index in [1.54, 1.807) is 0 Å². The van der Waals surface area contributed by atoms with Crippen molar-refractivity contribution in [1.82, 2.24) is 9.62 Å². The highest BCUT2D eigenvalue weighted by molar-refractivity contribution is 7.89. The van der Waals surface area contributed by atoms with Gasteiger partial charge in [0, 0.05) is 14.1 Å². The van der Waals surface area contributed by atoms with Crippen molar-refractivity contribution in [2.24, 2.45) is 5.73 Å². The van der Waals surface area contributed by atoms with E-state index in [2.05, 4.69) is 5.32 Å². The molecule has 0 saturated carbocycles. The lowest BCUT2D eigenvalue weighted by atomic mass is 10.3. The molecule has 0 fully saturated rings. The van der Waals surface area contributed by atoms with E-state index in [0.29, 0.717) is 19.4 Å². The van der Waals surface area contributed by atoms with Crippen LogP contribution < -0.4 is 11.1 Å². The quantitative estimate of drug-likeness (QED) is 0.540. The van der Waals surface area contributed by atoms with Crippen molar-refractivity contribution in [3.05, 3.63) is 0 Å². The second-order valence-corrected chi connectivity index (χ2v) is 5.44. The highest BCUT2D eigenvalue weighted by Crippen LogP contribution is 2.01. The molecule has 6 nitrogen and oxygen atoms in total. The van der Waals surface area contributed by atoms with Crippen LogP contribution in [0.3, 0.4) is 0 Å². The van der Waals surface area contributed by atoms with Gasteiger partial charge in [0.25, 0.3) is 0 Å². The molecule has 0 atom stereocenters. The van der Waals surface area contributed by atoms with Crippen molar-refractivity contribution < 1.29 is 13.2 Å². The van der Waals surface area contributed by atoms with Crippen LogP contribution in [0.15, 0.2) is 0 Å². The van der Waals surface area contributed by atoms with E-state index in [4.69, 9.17) is 5.73 Å². The first-order chi connectivity index (χ1) is 6.94. The SMILES string of the molecule is CNC(=O)CN(C)S(=O)(=O)CCCCN. The number of rotatable bonds is 7. The molecule has 0 rings (SSSR count). The summed E-state index contributed by atoms with van der Waals surface area (Å²) in [6.07, 6.45) is 1.20. The molecule has 0 radical (unpaired) electrons. The van der Waals surface area contributed by atoms with Crippen molar-refractivity contribution in [2.45, 2.75) is 12.8 Å². The number of sulfonamides is 1. The number of carbonyl (C=O) groups is 1. The van der Waals surface area contributed by atoms with Crippen LogP contribution in [0.4, 0.5) is 0 Å². The van der Waals surface area contributed by atoms with Crippen LogP contribution in [0.25, 0.3) is 0 Å². The van der Waals surface area contributed by atoms with E-state index in [1.807, 2.05) is 0 Å². The Balaban J connectivity index is 4.14. The van der Waals surface area contributed by atoms with Gasteiger partial charge in [-0.25, -0.2) is 8.42 Å². The third-order valence-corrected chi connectivity index (χ3v) is 3.86. The highest BCUT2D eigenvalue weighted by Gasteiger charge is 2.19. The Kier molecular flexibility index (Phi) is 6.46. The largest absolute Gasteiger partial charge is 0.358 e. The van der Waals surface area contributed by atoms with Crippen molar-refractivity contribution in [3.63, 3.8) is 0 Å². The molecular weight excluding hydrogens is 218 g/mol. The number of nitrogens with zero attached hydrogens (tertiary/aromatic N) is 1. The Morgan fingerprint density at radius 1 is 1.40 bits per heavy atom. The van der Waals surface area contributed by atoms with E-state index < -0.39 is 10.0 Å². The molecule has 0 spiro atoms. The molecule has 0 aromatic heterocycles. The molecule has 0 aliphatic rings. The minimum Gasteiger partial charge on any atom is -0.358 e. The van der Waals surface area contributed by atoms with Gasteiger partial charge in [-0.2, -0.15) is 4.31 Å². The van der Waals surface area contributed by atoms with Gasteiger partial charge in [0.2, 0.25) is 15.9 Å². The first kappa shape index (κ1) is 14.3. The summed E-state index contributed by atoms with van der Waals surface area (Å²) in [4.78, 5) is 11.0. The standard InChI is InChI=1S/C8H19N3O3S/c1-10-8(12)7-11(2)15(13,14)6-4-3-5-9/h3-7,9H2,1-2H3,(H,10,12). The minimum atomic E-state index is -3.32. The number of carbonyl (C=O) groups excluding carboxylic acids is 1. The van der Waals surface area contributed by atoms with Gasteiger partial charge in [0.05, 0.1) is 12.3 Å². The third-order valence-electron chi connectivity index (χ3n) is 1.98. The number of amides is 1. The van der Waals surface area contributed by atoms with Crippen molar-refractivity contribution in [2.75, 3.05) is 32.9 Å². The molecule has 15 heavy (non-hydrogen) atoms. The van der Waals surface area contributed by atoms with Crippen LogP contribution >= 0.6 is 0 Å². The summed E-state index contributed by atoms with van der Waals surface area (Å²) in [7, 11) is -0.455. The first-order valence-electron chi connectivity index (χ1n) is 4.78. The fourth-order valence-electron chi connectivity index (χ4n) is 0.964. The summed E-state index contributed by atoms with van der Waals surface area (Å²) >= 11 is 0. The Bertz CT molecular complexity index is 290. The van der Waals surface area contributed by atoms with Gasteiger partial charge in [0.15, 0.2) is 0 Å². The van der Waals surface area contributed by atoms with Gasteiger partial charge in [-0.15, -0.1) is 0 Å². The molecule has 0 aliphatic heterocycles. The number of unbranched alkanes of at least 4 members (excludes halogenated alkanes) is 1. The molecule has 3 N–H and O–H groups in total. The van der Waals surface area contributed by atoms with Gasteiger partial charge in [0.1, 0.15) is 0 Å². The highest BCUT2D eigenvalue weighted by atomic mass is 32.2. The molecule has 7 heteroatoms. The summed E-state index contributed by atoms with van der Waals surface area (Å²) in [6.45, 7) is 0.343. The average molecular weight is 237 g/mol. The molecule has 90 valence electrons. The molecule has 1 amide bonds. The molecule has 0 unspecified atom stereocenters.